The van der Waals surface area contributed by atoms with Crippen molar-refractivity contribution in [3.05, 3.63) is 58.9 Å². The summed E-state index contributed by atoms with van der Waals surface area (Å²) in [5, 5.41) is -0.0407. The molecular weight excluding hydrogens is 464 g/mol. The van der Waals surface area contributed by atoms with Gasteiger partial charge in [0.25, 0.3) is 0 Å². The Morgan fingerprint density at radius 2 is 1.84 bits per heavy atom. The summed E-state index contributed by atoms with van der Waals surface area (Å²) in [5.74, 6) is -1.02. The zero-order chi connectivity index (χ0) is 23.6. The number of ether oxygens (including phenoxy) is 1. The normalized spacial score (nSPS) is 13.1. The van der Waals surface area contributed by atoms with Crippen LogP contribution in [0.2, 0.25) is 5.02 Å². The quantitative estimate of drug-likeness (QED) is 0.418. The highest BCUT2D eigenvalue weighted by atomic mass is 35.5. The van der Waals surface area contributed by atoms with Gasteiger partial charge in [-0.05, 0) is 37.3 Å². The standard InChI is InChI=1S/C21H22ClF2N3O4S/c1-4-26(5-2)32(29,30)18-12-14(10-11-15(18)22)20(28)31-13(3)19-25-16-8-6-7-9-17(16)27(19)21(23)24/h6-13,21H,4-5H2,1-3H3. The number of alkyl halides is 2. The molecule has 1 aromatic heterocycles. The number of hydrogen-bond donors (Lipinski definition) is 0. The van der Waals surface area contributed by atoms with Crippen LogP contribution in [-0.2, 0) is 14.8 Å². The third-order valence-electron chi connectivity index (χ3n) is 4.96. The van der Waals surface area contributed by atoms with Crippen LogP contribution >= 0.6 is 11.6 Å². The molecule has 0 saturated heterocycles. The second kappa shape index (κ2) is 9.51. The van der Waals surface area contributed by atoms with Crippen molar-refractivity contribution in [2.24, 2.45) is 0 Å². The lowest BCUT2D eigenvalue weighted by atomic mass is 10.2. The summed E-state index contributed by atoms with van der Waals surface area (Å²) >= 11 is 6.09. The summed E-state index contributed by atoms with van der Waals surface area (Å²) in [6.07, 6.45) is -1.12. The predicted octanol–water partition coefficient (Wildman–Crippen LogP) is 5.03. The van der Waals surface area contributed by atoms with Crippen LogP contribution in [0.1, 0.15) is 49.6 Å². The van der Waals surface area contributed by atoms with Crippen molar-refractivity contribution in [2.75, 3.05) is 13.1 Å². The molecule has 0 bridgehead atoms. The molecule has 1 heterocycles. The highest BCUT2D eigenvalue weighted by Crippen LogP contribution is 2.30. The first-order valence-electron chi connectivity index (χ1n) is 9.87. The van der Waals surface area contributed by atoms with Crippen LogP contribution in [0.15, 0.2) is 47.4 Å². The van der Waals surface area contributed by atoms with E-state index in [9.17, 15) is 22.0 Å². The number of aromatic nitrogens is 2. The second-order valence-corrected chi connectivity index (χ2v) is 9.20. The Morgan fingerprint density at radius 1 is 1.19 bits per heavy atom. The molecule has 32 heavy (non-hydrogen) atoms. The Labute approximate surface area is 189 Å². The lowest BCUT2D eigenvalue weighted by Gasteiger charge is -2.20. The van der Waals surface area contributed by atoms with Crippen molar-refractivity contribution in [1.82, 2.24) is 13.9 Å². The average molecular weight is 486 g/mol. The number of carbonyl (C=O) groups is 1. The zero-order valence-corrected chi connectivity index (χ0v) is 19.2. The number of imidazole rings is 1. The Hall–Kier alpha value is -2.56. The Morgan fingerprint density at radius 3 is 2.47 bits per heavy atom. The molecule has 0 N–H and O–H groups in total. The molecule has 172 valence electrons. The average Bonchev–Trinajstić information content (AvgIpc) is 3.14. The molecule has 2 aromatic carbocycles. The number of hydrogen-bond acceptors (Lipinski definition) is 5. The molecule has 1 atom stereocenters. The highest BCUT2D eigenvalue weighted by molar-refractivity contribution is 7.89. The van der Waals surface area contributed by atoms with Gasteiger partial charge in [0.2, 0.25) is 10.0 Å². The molecule has 7 nitrogen and oxygen atoms in total. The molecule has 0 amide bonds. The van der Waals surface area contributed by atoms with Gasteiger partial charge in [-0.25, -0.2) is 18.2 Å². The maximum atomic E-state index is 13.7. The van der Waals surface area contributed by atoms with Crippen molar-refractivity contribution in [2.45, 2.75) is 38.3 Å². The van der Waals surface area contributed by atoms with Crippen molar-refractivity contribution in [3.63, 3.8) is 0 Å². The number of nitrogens with zero attached hydrogens (tertiary/aromatic N) is 3. The number of halogens is 3. The monoisotopic (exact) mass is 485 g/mol. The Balaban J connectivity index is 1.93. The summed E-state index contributed by atoms with van der Waals surface area (Å²) in [6.45, 7) is 2.35. The van der Waals surface area contributed by atoms with Gasteiger partial charge in [-0.2, -0.15) is 13.1 Å². The molecule has 3 aromatic rings. The molecule has 11 heteroatoms. The minimum atomic E-state index is -3.93. The number of sulfonamides is 1. The van der Waals surface area contributed by atoms with Gasteiger partial charge in [0.1, 0.15) is 4.90 Å². The van der Waals surface area contributed by atoms with Gasteiger partial charge in [-0.1, -0.05) is 37.6 Å². The largest absolute Gasteiger partial charge is 0.451 e. The predicted molar refractivity (Wildman–Crippen MR) is 116 cm³/mol. The van der Waals surface area contributed by atoms with Crippen molar-refractivity contribution < 1.29 is 26.7 Å². The van der Waals surface area contributed by atoms with Gasteiger partial charge in [-0.3, -0.25) is 4.57 Å². The second-order valence-electron chi connectivity index (χ2n) is 6.89. The van der Waals surface area contributed by atoms with E-state index in [1.807, 2.05) is 0 Å². The van der Waals surface area contributed by atoms with Crippen molar-refractivity contribution in [3.8, 4) is 0 Å². The first-order valence-corrected chi connectivity index (χ1v) is 11.7. The lowest BCUT2D eigenvalue weighted by Crippen LogP contribution is -2.31. The number of benzene rings is 2. The summed E-state index contributed by atoms with van der Waals surface area (Å²) in [5.41, 5.74) is 0.468. The number of esters is 1. The van der Waals surface area contributed by atoms with E-state index >= 15 is 0 Å². The van der Waals surface area contributed by atoms with Crippen LogP contribution in [0.4, 0.5) is 8.78 Å². The number of para-hydroxylation sites is 2. The molecule has 0 aliphatic carbocycles. The molecule has 3 rings (SSSR count). The summed E-state index contributed by atoms with van der Waals surface area (Å²) in [4.78, 5) is 16.7. The van der Waals surface area contributed by atoms with E-state index in [1.54, 1.807) is 32.0 Å². The van der Waals surface area contributed by atoms with Crippen LogP contribution in [-0.4, -0.2) is 41.3 Å². The van der Waals surface area contributed by atoms with E-state index in [0.717, 1.165) is 6.07 Å². The summed E-state index contributed by atoms with van der Waals surface area (Å²) in [6, 6.07) is 10.1. The fourth-order valence-corrected chi connectivity index (χ4v) is 5.33. The third kappa shape index (κ3) is 4.48. The van der Waals surface area contributed by atoms with Crippen LogP contribution in [0.3, 0.4) is 0 Å². The van der Waals surface area contributed by atoms with Gasteiger partial charge in [0.15, 0.2) is 11.9 Å². The number of rotatable bonds is 8. The Bertz CT molecular complexity index is 1240. The molecule has 0 saturated carbocycles. The van der Waals surface area contributed by atoms with Crippen molar-refractivity contribution in [1.29, 1.82) is 0 Å². The highest BCUT2D eigenvalue weighted by Gasteiger charge is 2.28. The van der Waals surface area contributed by atoms with Crippen LogP contribution in [0.5, 0.6) is 0 Å². The first-order chi connectivity index (χ1) is 15.1. The van der Waals surface area contributed by atoms with E-state index in [-0.39, 0.29) is 39.9 Å². The lowest BCUT2D eigenvalue weighted by molar-refractivity contribution is 0.0233. The minimum Gasteiger partial charge on any atom is -0.451 e. The fourth-order valence-electron chi connectivity index (χ4n) is 3.37. The maximum Gasteiger partial charge on any atom is 0.338 e. The summed E-state index contributed by atoms with van der Waals surface area (Å²) in [7, 11) is -3.93. The van der Waals surface area contributed by atoms with Crippen LogP contribution in [0, 0.1) is 0 Å². The topological polar surface area (TPSA) is 81.5 Å². The molecular formula is C21H22ClF2N3O4S. The van der Waals surface area contributed by atoms with E-state index in [2.05, 4.69) is 4.98 Å². The molecule has 0 spiro atoms. The molecule has 0 aliphatic heterocycles. The molecule has 0 aliphatic rings. The molecule has 0 fully saturated rings. The van der Waals surface area contributed by atoms with E-state index in [4.69, 9.17) is 16.3 Å². The van der Waals surface area contributed by atoms with Gasteiger partial charge < -0.3 is 4.74 Å². The smallest absolute Gasteiger partial charge is 0.338 e. The van der Waals surface area contributed by atoms with E-state index in [0.29, 0.717) is 10.1 Å². The fraction of sp³-hybridized carbons (Fsp3) is 0.333. The minimum absolute atomic E-state index is 0.0407. The van der Waals surface area contributed by atoms with Crippen LogP contribution in [0.25, 0.3) is 11.0 Å². The first kappa shape index (κ1) is 24.1. The van der Waals surface area contributed by atoms with Crippen molar-refractivity contribution >= 4 is 38.6 Å². The molecule has 0 radical (unpaired) electrons. The SMILES string of the molecule is CCN(CC)S(=O)(=O)c1cc(C(=O)OC(C)c2nc3ccccc3n2C(F)F)ccc1Cl. The summed E-state index contributed by atoms with van der Waals surface area (Å²) < 4.78 is 60.3. The number of fused-ring (bicyclic) bond motifs is 1. The van der Waals surface area contributed by atoms with Gasteiger partial charge in [-0.15, -0.1) is 0 Å². The third-order valence-corrected chi connectivity index (χ3v) is 7.49. The zero-order valence-electron chi connectivity index (χ0n) is 17.6. The number of carbonyl (C=O) groups excluding carboxylic acids is 1. The van der Waals surface area contributed by atoms with Crippen LogP contribution < -0.4 is 0 Å². The Kier molecular flexibility index (Phi) is 7.16. The van der Waals surface area contributed by atoms with E-state index in [1.165, 1.54) is 29.4 Å². The van der Waals surface area contributed by atoms with Gasteiger partial charge in [0, 0.05) is 13.1 Å². The van der Waals surface area contributed by atoms with Gasteiger partial charge >= 0.3 is 12.5 Å². The molecule has 1 unspecified atom stereocenters. The van der Waals surface area contributed by atoms with E-state index < -0.39 is 28.6 Å². The van der Waals surface area contributed by atoms with Gasteiger partial charge in [0.05, 0.1) is 21.6 Å². The maximum absolute atomic E-state index is 13.7.